The summed E-state index contributed by atoms with van der Waals surface area (Å²) in [7, 11) is 0. The number of aryl methyl sites for hydroxylation is 3. The van der Waals surface area contributed by atoms with E-state index in [1.165, 1.54) is 53.6 Å². The van der Waals surface area contributed by atoms with E-state index in [2.05, 4.69) is 99.0 Å². The van der Waals surface area contributed by atoms with Crippen LogP contribution in [0.1, 0.15) is 68.0 Å². The van der Waals surface area contributed by atoms with Crippen LogP contribution in [0.2, 0.25) is 0 Å². The van der Waals surface area contributed by atoms with Crippen LogP contribution < -0.4 is 4.90 Å². The number of fused-ring (bicyclic) bond motifs is 1. The van der Waals surface area contributed by atoms with E-state index in [9.17, 15) is 0 Å². The van der Waals surface area contributed by atoms with Gasteiger partial charge in [0.05, 0.1) is 6.04 Å². The van der Waals surface area contributed by atoms with Crippen molar-refractivity contribution in [2.24, 2.45) is 5.92 Å². The van der Waals surface area contributed by atoms with Crippen LogP contribution in [0, 0.1) is 26.7 Å². The van der Waals surface area contributed by atoms with Crippen LogP contribution in [0.5, 0.6) is 0 Å². The smallest absolute Gasteiger partial charge is 0.110 e. The van der Waals surface area contributed by atoms with Crippen molar-refractivity contribution in [1.29, 1.82) is 0 Å². The molecular weight excluding hydrogens is 364 g/mol. The molecule has 0 spiro atoms. The number of rotatable bonds is 3. The molecule has 3 aliphatic rings. The zero-order chi connectivity index (χ0) is 21.0. The first-order valence-electron chi connectivity index (χ1n) is 11.8. The largest absolute Gasteiger partial charge is 0.347 e. The molecule has 2 heteroatoms. The lowest BCUT2D eigenvalue weighted by molar-refractivity contribution is 0.0697. The molecule has 0 aromatic heterocycles. The Balaban J connectivity index is 1.71. The second-order valence-electron chi connectivity index (χ2n) is 10.1. The monoisotopic (exact) mass is 400 g/mol. The van der Waals surface area contributed by atoms with Crippen LogP contribution in [0.25, 0.3) is 0 Å². The molecule has 2 aliphatic heterocycles. The minimum Gasteiger partial charge on any atom is -0.347 e. The molecule has 2 heterocycles. The second kappa shape index (κ2) is 7.27. The summed E-state index contributed by atoms with van der Waals surface area (Å²) in [5, 5.41) is 0. The molecule has 1 aliphatic carbocycles. The quantitative estimate of drug-likeness (QED) is 0.528. The first kappa shape index (κ1) is 19.9. The molecule has 0 amide bonds. The molecule has 5 rings (SSSR count). The van der Waals surface area contributed by atoms with Crippen molar-refractivity contribution in [3.05, 3.63) is 76.9 Å². The van der Waals surface area contributed by atoms with E-state index < -0.39 is 0 Å². The highest BCUT2D eigenvalue weighted by Crippen LogP contribution is 2.54. The van der Waals surface area contributed by atoms with Gasteiger partial charge in [0, 0.05) is 17.3 Å². The van der Waals surface area contributed by atoms with Crippen molar-refractivity contribution in [2.75, 3.05) is 4.90 Å². The van der Waals surface area contributed by atoms with Gasteiger partial charge in [0.1, 0.15) is 6.17 Å². The predicted molar refractivity (Wildman–Crippen MR) is 127 cm³/mol. The molecule has 0 bridgehead atoms. The maximum Gasteiger partial charge on any atom is 0.110 e. The van der Waals surface area contributed by atoms with E-state index in [0.717, 1.165) is 5.92 Å². The summed E-state index contributed by atoms with van der Waals surface area (Å²) in [5.74, 6) is 0.759. The molecule has 0 radical (unpaired) electrons. The number of nitrogens with zero attached hydrogens (tertiary/aromatic N) is 2. The third kappa shape index (κ3) is 2.80. The Morgan fingerprint density at radius 1 is 0.867 bits per heavy atom. The fraction of sp³-hybridized carbons (Fsp3) is 0.500. The Labute approximate surface area is 182 Å². The summed E-state index contributed by atoms with van der Waals surface area (Å²) in [6, 6.07) is 16.7. The molecule has 30 heavy (non-hydrogen) atoms. The third-order valence-electron chi connectivity index (χ3n) is 8.34. The van der Waals surface area contributed by atoms with E-state index in [-0.39, 0.29) is 11.7 Å². The van der Waals surface area contributed by atoms with E-state index in [1.54, 1.807) is 0 Å². The van der Waals surface area contributed by atoms with Crippen molar-refractivity contribution in [1.82, 2.24) is 4.90 Å². The summed E-state index contributed by atoms with van der Waals surface area (Å²) in [6.45, 7) is 11.8. The highest BCUT2D eigenvalue weighted by Gasteiger charge is 2.57. The lowest BCUT2D eigenvalue weighted by Gasteiger charge is -2.45. The Morgan fingerprint density at radius 2 is 1.50 bits per heavy atom. The van der Waals surface area contributed by atoms with Crippen molar-refractivity contribution in [3.8, 4) is 0 Å². The van der Waals surface area contributed by atoms with Gasteiger partial charge in [-0.1, -0.05) is 61.4 Å². The molecule has 158 valence electrons. The first-order chi connectivity index (χ1) is 14.4. The van der Waals surface area contributed by atoms with E-state index in [1.807, 2.05) is 0 Å². The molecule has 1 saturated carbocycles. The molecule has 2 aromatic rings. The number of hydrogen-bond acceptors (Lipinski definition) is 2. The van der Waals surface area contributed by atoms with Crippen LogP contribution in [0.15, 0.2) is 54.6 Å². The Bertz CT molecular complexity index is 950. The summed E-state index contributed by atoms with van der Waals surface area (Å²) < 4.78 is 0. The van der Waals surface area contributed by atoms with Crippen molar-refractivity contribution in [2.45, 2.75) is 84.1 Å². The van der Waals surface area contributed by atoms with Gasteiger partial charge >= 0.3 is 0 Å². The van der Waals surface area contributed by atoms with Gasteiger partial charge in [-0.2, -0.15) is 0 Å². The zero-order valence-corrected chi connectivity index (χ0v) is 19.2. The van der Waals surface area contributed by atoms with Crippen molar-refractivity contribution in [3.63, 3.8) is 0 Å². The minimum atomic E-state index is 0.131. The van der Waals surface area contributed by atoms with E-state index in [0.29, 0.717) is 12.1 Å². The standard InChI is InChI=1S/C28H36N2/c1-19-11-6-9-16-24(19)29-22(4)25-17-18-28(5,23-14-7-8-15-23)30(25)27(29)26-20(2)12-10-13-21(26)3/h6,9-13,16-18,22-23,25,27H,7-8,14-15H2,1-5H3/t22-,25?,27?,28?/m0/s1. The minimum absolute atomic E-state index is 0.131. The van der Waals surface area contributed by atoms with Crippen molar-refractivity contribution < 1.29 is 0 Å². The van der Waals surface area contributed by atoms with Gasteiger partial charge in [0.15, 0.2) is 0 Å². The van der Waals surface area contributed by atoms with Gasteiger partial charge in [-0.15, -0.1) is 0 Å². The van der Waals surface area contributed by atoms with Crippen LogP contribution in [0.3, 0.4) is 0 Å². The van der Waals surface area contributed by atoms with E-state index >= 15 is 0 Å². The highest BCUT2D eigenvalue weighted by atomic mass is 15.5. The highest BCUT2D eigenvalue weighted by molar-refractivity contribution is 5.59. The van der Waals surface area contributed by atoms with Crippen LogP contribution >= 0.6 is 0 Å². The van der Waals surface area contributed by atoms with Gasteiger partial charge in [0.2, 0.25) is 0 Å². The molecule has 1 saturated heterocycles. The summed E-state index contributed by atoms with van der Waals surface area (Å²) >= 11 is 0. The average Bonchev–Trinajstić information content (AvgIpc) is 3.42. The Morgan fingerprint density at radius 3 is 2.17 bits per heavy atom. The van der Waals surface area contributed by atoms with Crippen LogP contribution in [-0.2, 0) is 0 Å². The Kier molecular flexibility index (Phi) is 4.82. The maximum absolute atomic E-state index is 2.88. The van der Waals surface area contributed by atoms with Crippen molar-refractivity contribution >= 4 is 5.69 Å². The van der Waals surface area contributed by atoms with Gasteiger partial charge in [-0.05, 0) is 81.7 Å². The number of hydrogen-bond donors (Lipinski definition) is 0. The molecule has 4 atom stereocenters. The van der Waals surface area contributed by atoms with Gasteiger partial charge in [0.25, 0.3) is 0 Å². The predicted octanol–water partition coefficient (Wildman–Crippen LogP) is 6.71. The molecule has 2 aromatic carbocycles. The number of para-hydroxylation sites is 1. The average molecular weight is 401 g/mol. The SMILES string of the molecule is Cc1ccccc1N1C(c2c(C)cccc2C)N2C(C=CC2(C)C2CCCC2)[C@@H]1C. The lowest BCUT2D eigenvalue weighted by atomic mass is 9.83. The van der Waals surface area contributed by atoms with Gasteiger partial charge < -0.3 is 4.90 Å². The fourth-order valence-electron chi connectivity index (χ4n) is 6.71. The van der Waals surface area contributed by atoms with Crippen LogP contribution in [0.4, 0.5) is 5.69 Å². The first-order valence-corrected chi connectivity index (χ1v) is 11.8. The Hall–Kier alpha value is -2.06. The topological polar surface area (TPSA) is 6.48 Å². The van der Waals surface area contributed by atoms with Crippen LogP contribution in [-0.4, -0.2) is 22.5 Å². The summed E-state index contributed by atoms with van der Waals surface area (Å²) in [4.78, 5) is 5.61. The number of anilines is 1. The molecule has 2 nitrogen and oxygen atoms in total. The third-order valence-corrected chi connectivity index (χ3v) is 8.34. The van der Waals surface area contributed by atoms with E-state index in [4.69, 9.17) is 0 Å². The normalized spacial score (nSPS) is 31.6. The zero-order valence-electron chi connectivity index (χ0n) is 19.2. The van der Waals surface area contributed by atoms with Gasteiger partial charge in [-0.25, -0.2) is 0 Å². The fourth-order valence-corrected chi connectivity index (χ4v) is 6.71. The summed E-state index contributed by atoms with van der Waals surface area (Å²) in [6.07, 6.45) is 10.9. The molecule has 0 N–H and O–H groups in total. The second-order valence-corrected chi connectivity index (χ2v) is 10.1. The molecule has 2 fully saturated rings. The molecule has 3 unspecified atom stereocenters. The molecular formula is C28H36N2. The maximum atomic E-state index is 2.88. The lowest BCUT2D eigenvalue weighted by Crippen LogP contribution is -2.50. The summed E-state index contributed by atoms with van der Waals surface area (Å²) in [5.41, 5.74) is 7.21. The number of benzene rings is 2. The van der Waals surface area contributed by atoms with Gasteiger partial charge in [-0.3, -0.25) is 4.90 Å².